The summed E-state index contributed by atoms with van der Waals surface area (Å²) in [4.78, 5) is 10.3. The Morgan fingerprint density at radius 2 is 1.97 bits per heavy atom. The first-order chi connectivity index (χ1) is 14.6. The maximum absolute atomic E-state index is 13.3. The third-order valence-corrected chi connectivity index (χ3v) is 7.61. The summed E-state index contributed by atoms with van der Waals surface area (Å²) in [6, 6.07) is 7.33. The number of alkyl halides is 3. The molecule has 0 saturated heterocycles. The summed E-state index contributed by atoms with van der Waals surface area (Å²) in [6.07, 6.45) is -1.33. The average molecular weight is 520 g/mol. The number of aldehydes is 1. The van der Waals surface area contributed by atoms with Crippen molar-refractivity contribution in [1.29, 1.82) is 0 Å². The maximum atomic E-state index is 13.3. The van der Waals surface area contributed by atoms with Crippen molar-refractivity contribution in [1.82, 2.24) is 4.31 Å². The molecule has 0 aliphatic heterocycles. The Hall–Kier alpha value is -1.91. The molecule has 1 aliphatic carbocycles. The van der Waals surface area contributed by atoms with E-state index >= 15 is 0 Å². The van der Waals surface area contributed by atoms with Crippen LogP contribution in [0.3, 0.4) is 0 Å². The van der Waals surface area contributed by atoms with E-state index in [4.69, 9.17) is 4.74 Å². The quantitative estimate of drug-likeness (QED) is 0.391. The average Bonchev–Trinajstić information content (AvgIpc) is 2.93. The number of sulfonamides is 1. The molecule has 3 rings (SSSR count). The van der Waals surface area contributed by atoms with Gasteiger partial charge in [0.05, 0.1) is 16.5 Å². The molecule has 1 atom stereocenters. The van der Waals surface area contributed by atoms with Gasteiger partial charge in [0.2, 0.25) is 10.0 Å². The van der Waals surface area contributed by atoms with Gasteiger partial charge in [-0.1, -0.05) is 34.5 Å². The SMILES string of the molecule is CN(C1CCCCc2c(OCC=O)cccc21)S(=O)(=O)c1cc(Br)cc(C(F)(F)F)c1. The number of fused-ring (bicyclic) bond motifs is 1. The summed E-state index contributed by atoms with van der Waals surface area (Å²) in [7, 11) is -2.85. The van der Waals surface area contributed by atoms with Crippen molar-refractivity contribution in [3.05, 3.63) is 57.6 Å². The van der Waals surface area contributed by atoms with Crippen LogP contribution >= 0.6 is 15.9 Å². The standard InChI is InChI=1S/C21H21BrF3NO4S/c1-26(31(28,29)16-12-14(21(23,24)25)11-15(22)13-16)19-7-3-2-5-18-17(19)6-4-8-20(18)30-10-9-27/h4,6,8-9,11-13,19H,2-3,5,7,10H2,1H3. The van der Waals surface area contributed by atoms with Crippen molar-refractivity contribution in [3.63, 3.8) is 0 Å². The molecule has 10 heteroatoms. The first-order valence-corrected chi connectivity index (χ1v) is 11.8. The van der Waals surface area contributed by atoms with E-state index in [2.05, 4.69) is 15.9 Å². The van der Waals surface area contributed by atoms with E-state index in [1.54, 1.807) is 18.2 Å². The fourth-order valence-corrected chi connectivity index (χ4v) is 5.89. The largest absolute Gasteiger partial charge is 0.486 e. The van der Waals surface area contributed by atoms with Crippen molar-refractivity contribution in [3.8, 4) is 5.75 Å². The third kappa shape index (κ3) is 5.12. The number of hydrogen-bond donors (Lipinski definition) is 0. The summed E-state index contributed by atoms with van der Waals surface area (Å²) >= 11 is 2.99. The summed E-state index contributed by atoms with van der Waals surface area (Å²) < 4.78 is 72.9. The van der Waals surface area contributed by atoms with Crippen molar-refractivity contribution in [2.75, 3.05) is 13.7 Å². The maximum Gasteiger partial charge on any atom is 0.416 e. The first-order valence-electron chi connectivity index (χ1n) is 9.59. The van der Waals surface area contributed by atoms with Crippen LogP contribution in [0.25, 0.3) is 0 Å². The molecular weight excluding hydrogens is 499 g/mol. The summed E-state index contributed by atoms with van der Waals surface area (Å²) in [5, 5.41) is 0. The summed E-state index contributed by atoms with van der Waals surface area (Å²) in [5.74, 6) is 0.518. The third-order valence-electron chi connectivity index (χ3n) is 5.30. The van der Waals surface area contributed by atoms with E-state index in [1.165, 1.54) is 13.1 Å². The molecule has 31 heavy (non-hydrogen) atoms. The van der Waals surface area contributed by atoms with Crippen LogP contribution in [-0.4, -0.2) is 32.7 Å². The fraction of sp³-hybridized carbons (Fsp3) is 0.381. The van der Waals surface area contributed by atoms with Gasteiger partial charge in [-0.15, -0.1) is 0 Å². The van der Waals surface area contributed by atoms with Gasteiger partial charge in [-0.2, -0.15) is 17.5 Å². The molecule has 0 N–H and O–H groups in total. The van der Waals surface area contributed by atoms with E-state index in [9.17, 15) is 26.4 Å². The van der Waals surface area contributed by atoms with Gasteiger partial charge in [0.1, 0.15) is 12.4 Å². The van der Waals surface area contributed by atoms with Crippen LogP contribution in [-0.2, 0) is 27.4 Å². The van der Waals surface area contributed by atoms with Gasteiger partial charge in [0.15, 0.2) is 6.29 Å². The fourth-order valence-electron chi connectivity index (χ4n) is 3.80. The Morgan fingerprint density at radius 1 is 1.23 bits per heavy atom. The van der Waals surface area contributed by atoms with Gasteiger partial charge in [0, 0.05) is 11.5 Å². The topological polar surface area (TPSA) is 63.7 Å². The smallest absolute Gasteiger partial charge is 0.416 e. The number of carbonyl (C=O) groups excluding carboxylic acids is 1. The predicted molar refractivity (Wildman–Crippen MR) is 112 cm³/mol. The zero-order valence-corrected chi connectivity index (χ0v) is 19.1. The lowest BCUT2D eigenvalue weighted by molar-refractivity contribution is -0.137. The van der Waals surface area contributed by atoms with Crippen LogP contribution in [0.1, 0.15) is 42.0 Å². The second kappa shape index (κ2) is 9.30. The number of ether oxygens (including phenoxy) is 1. The van der Waals surface area contributed by atoms with Gasteiger partial charge in [-0.3, -0.25) is 4.79 Å². The molecule has 1 unspecified atom stereocenters. The van der Waals surface area contributed by atoms with E-state index < -0.39 is 32.7 Å². The lowest BCUT2D eigenvalue weighted by Crippen LogP contribution is -2.32. The molecule has 2 aromatic carbocycles. The van der Waals surface area contributed by atoms with Crippen molar-refractivity contribution < 1.29 is 31.1 Å². The Labute approximate surface area is 187 Å². The molecule has 168 valence electrons. The number of benzene rings is 2. The monoisotopic (exact) mass is 519 g/mol. The van der Waals surface area contributed by atoms with Crippen LogP contribution in [0, 0.1) is 0 Å². The molecule has 0 amide bonds. The van der Waals surface area contributed by atoms with Crippen molar-refractivity contribution >= 4 is 32.2 Å². The Bertz CT molecular complexity index is 1070. The highest BCUT2D eigenvalue weighted by Gasteiger charge is 2.36. The van der Waals surface area contributed by atoms with Crippen LogP contribution in [0.5, 0.6) is 5.75 Å². The Kier molecular flexibility index (Phi) is 7.12. The molecule has 0 fully saturated rings. The van der Waals surface area contributed by atoms with Crippen LogP contribution in [0.2, 0.25) is 0 Å². The van der Waals surface area contributed by atoms with Crippen molar-refractivity contribution in [2.24, 2.45) is 0 Å². The Balaban J connectivity index is 2.04. The highest BCUT2D eigenvalue weighted by Crippen LogP contribution is 2.40. The zero-order chi connectivity index (χ0) is 22.8. The molecule has 0 bridgehead atoms. The molecule has 0 heterocycles. The molecule has 0 radical (unpaired) electrons. The van der Waals surface area contributed by atoms with E-state index in [0.29, 0.717) is 30.9 Å². The first kappa shape index (κ1) is 23.7. The zero-order valence-electron chi connectivity index (χ0n) is 16.7. The molecular formula is C21H21BrF3NO4S. The van der Waals surface area contributed by atoms with Gasteiger partial charge < -0.3 is 4.74 Å². The lowest BCUT2D eigenvalue weighted by atomic mass is 9.98. The second-order valence-electron chi connectivity index (χ2n) is 7.26. The Morgan fingerprint density at radius 3 is 2.65 bits per heavy atom. The lowest BCUT2D eigenvalue weighted by Gasteiger charge is -2.29. The predicted octanol–water partition coefficient (Wildman–Crippen LogP) is 5.13. The van der Waals surface area contributed by atoms with Gasteiger partial charge in [0.25, 0.3) is 0 Å². The second-order valence-corrected chi connectivity index (χ2v) is 10.2. The van der Waals surface area contributed by atoms with E-state index in [-0.39, 0.29) is 11.1 Å². The van der Waals surface area contributed by atoms with Crippen LogP contribution in [0.4, 0.5) is 13.2 Å². The normalized spacial score (nSPS) is 17.2. The minimum atomic E-state index is -4.67. The minimum absolute atomic E-state index is 0.0279. The van der Waals surface area contributed by atoms with Crippen molar-refractivity contribution in [2.45, 2.75) is 42.8 Å². The number of rotatable bonds is 6. The molecule has 0 saturated carbocycles. The molecule has 2 aromatic rings. The number of hydrogen-bond acceptors (Lipinski definition) is 4. The molecule has 0 spiro atoms. The number of halogens is 4. The molecule has 0 aromatic heterocycles. The summed E-state index contributed by atoms with van der Waals surface area (Å²) in [5.41, 5.74) is 0.511. The van der Waals surface area contributed by atoms with Gasteiger partial charge >= 0.3 is 6.18 Å². The number of carbonyl (C=O) groups is 1. The highest BCUT2D eigenvalue weighted by molar-refractivity contribution is 9.10. The van der Waals surface area contributed by atoms with E-state index in [0.717, 1.165) is 34.3 Å². The van der Waals surface area contributed by atoms with Gasteiger partial charge in [-0.25, -0.2) is 8.42 Å². The van der Waals surface area contributed by atoms with Crippen LogP contribution in [0.15, 0.2) is 45.8 Å². The van der Waals surface area contributed by atoms with E-state index in [1.807, 2.05) is 0 Å². The van der Waals surface area contributed by atoms with Gasteiger partial charge in [-0.05, 0) is 54.7 Å². The summed E-state index contributed by atoms with van der Waals surface area (Å²) in [6.45, 7) is -0.118. The minimum Gasteiger partial charge on any atom is -0.486 e. The number of nitrogens with zero attached hydrogens (tertiary/aromatic N) is 1. The molecule has 1 aliphatic rings. The highest BCUT2D eigenvalue weighted by atomic mass is 79.9. The van der Waals surface area contributed by atoms with Crippen LogP contribution < -0.4 is 4.74 Å². The molecule has 5 nitrogen and oxygen atoms in total.